The van der Waals surface area contributed by atoms with Crippen molar-refractivity contribution in [3.05, 3.63) is 58.6 Å². The number of ether oxygens (including phenoxy) is 1. The van der Waals surface area contributed by atoms with Gasteiger partial charge in [0.05, 0.1) is 5.69 Å². The molecule has 2 aromatic carbocycles. The number of carbonyl (C=O) groups is 3. The lowest BCUT2D eigenvalue weighted by Crippen LogP contribution is -2.25. The third kappa shape index (κ3) is 4.61. The molecular formula is C19H17ClN2O4. The lowest BCUT2D eigenvalue weighted by atomic mass is 10.0. The molecule has 0 saturated carbocycles. The second kappa shape index (κ2) is 8.01. The van der Waals surface area contributed by atoms with Crippen LogP contribution >= 0.6 is 11.6 Å². The Balaban J connectivity index is 1.50. The molecular weight excluding hydrogens is 356 g/mol. The molecule has 0 radical (unpaired) electrons. The molecule has 0 fully saturated rings. The summed E-state index contributed by atoms with van der Waals surface area (Å²) < 4.78 is 5.25. The van der Waals surface area contributed by atoms with Gasteiger partial charge in [0.1, 0.15) is 5.75 Å². The molecule has 0 spiro atoms. The highest BCUT2D eigenvalue weighted by Crippen LogP contribution is 2.28. The van der Waals surface area contributed by atoms with E-state index in [-0.39, 0.29) is 37.0 Å². The molecule has 2 N–H and O–H groups in total. The number of ketones is 1. The Hall–Kier alpha value is -2.86. The number of rotatable bonds is 6. The fourth-order valence-electron chi connectivity index (χ4n) is 2.52. The summed E-state index contributed by atoms with van der Waals surface area (Å²) in [5, 5.41) is 6.06. The minimum Gasteiger partial charge on any atom is -0.482 e. The third-order valence-electron chi connectivity index (χ3n) is 3.92. The lowest BCUT2D eigenvalue weighted by Gasteiger charge is -2.18. The van der Waals surface area contributed by atoms with Gasteiger partial charge in [-0.05, 0) is 35.9 Å². The Labute approximate surface area is 155 Å². The molecule has 0 aromatic heterocycles. The number of halogens is 1. The molecule has 1 aliphatic heterocycles. The van der Waals surface area contributed by atoms with Crippen LogP contribution in [0.5, 0.6) is 5.75 Å². The van der Waals surface area contributed by atoms with Crippen molar-refractivity contribution >= 4 is 34.9 Å². The molecule has 7 heteroatoms. The van der Waals surface area contributed by atoms with Crippen molar-refractivity contribution < 1.29 is 19.1 Å². The van der Waals surface area contributed by atoms with Gasteiger partial charge in [-0.25, -0.2) is 0 Å². The largest absolute Gasteiger partial charge is 0.482 e. The molecule has 1 heterocycles. The number of hydrogen-bond donors (Lipinski definition) is 2. The SMILES string of the molecule is O=C(CCC(=O)c1ccc2c(c1)NC(=O)CO2)NCc1ccc(Cl)cc1. The summed E-state index contributed by atoms with van der Waals surface area (Å²) in [6.45, 7) is 0.348. The maximum atomic E-state index is 12.3. The summed E-state index contributed by atoms with van der Waals surface area (Å²) in [5.41, 5.74) is 1.83. The highest BCUT2D eigenvalue weighted by Gasteiger charge is 2.18. The molecule has 6 nitrogen and oxygen atoms in total. The molecule has 2 amide bonds. The fourth-order valence-corrected chi connectivity index (χ4v) is 2.65. The molecule has 3 rings (SSSR count). The molecule has 0 saturated heterocycles. The zero-order valence-corrected chi connectivity index (χ0v) is 14.6. The summed E-state index contributed by atoms with van der Waals surface area (Å²) >= 11 is 5.81. The van der Waals surface area contributed by atoms with Crippen LogP contribution in [0.3, 0.4) is 0 Å². The van der Waals surface area contributed by atoms with Crippen molar-refractivity contribution in [2.45, 2.75) is 19.4 Å². The van der Waals surface area contributed by atoms with Gasteiger partial charge in [-0.3, -0.25) is 14.4 Å². The number of Topliss-reactive ketones (excluding diaryl/α,β-unsaturated/α-hetero) is 1. The Kier molecular flexibility index (Phi) is 5.53. The van der Waals surface area contributed by atoms with Crippen LogP contribution in [0.4, 0.5) is 5.69 Å². The van der Waals surface area contributed by atoms with E-state index >= 15 is 0 Å². The molecule has 0 unspecified atom stereocenters. The zero-order valence-electron chi connectivity index (χ0n) is 13.9. The minimum atomic E-state index is -0.260. The predicted octanol–water partition coefficient (Wildman–Crippen LogP) is 2.95. The summed E-state index contributed by atoms with van der Waals surface area (Å²) in [4.78, 5) is 35.6. The van der Waals surface area contributed by atoms with Crippen LogP contribution in [0, 0.1) is 0 Å². The molecule has 2 aromatic rings. The van der Waals surface area contributed by atoms with E-state index in [0.29, 0.717) is 28.6 Å². The van der Waals surface area contributed by atoms with E-state index in [9.17, 15) is 14.4 Å². The Morgan fingerprint density at radius 1 is 1.12 bits per heavy atom. The van der Waals surface area contributed by atoms with Crippen molar-refractivity contribution in [2.75, 3.05) is 11.9 Å². The van der Waals surface area contributed by atoms with Gasteiger partial charge in [0, 0.05) is 30.0 Å². The van der Waals surface area contributed by atoms with Gasteiger partial charge < -0.3 is 15.4 Å². The van der Waals surface area contributed by atoms with Gasteiger partial charge in [0.2, 0.25) is 5.91 Å². The molecule has 0 aliphatic carbocycles. The van der Waals surface area contributed by atoms with E-state index < -0.39 is 0 Å². The van der Waals surface area contributed by atoms with Gasteiger partial charge in [0.15, 0.2) is 12.4 Å². The van der Waals surface area contributed by atoms with Gasteiger partial charge in [-0.15, -0.1) is 0 Å². The second-order valence-electron chi connectivity index (χ2n) is 5.87. The first-order valence-corrected chi connectivity index (χ1v) is 8.50. The first-order chi connectivity index (χ1) is 12.5. The van der Waals surface area contributed by atoms with E-state index in [1.54, 1.807) is 30.3 Å². The van der Waals surface area contributed by atoms with E-state index in [4.69, 9.17) is 16.3 Å². The first-order valence-electron chi connectivity index (χ1n) is 8.12. The third-order valence-corrected chi connectivity index (χ3v) is 4.17. The van der Waals surface area contributed by atoms with Crippen molar-refractivity contribution in [2.24, 2.45) is 0 Å². The van der Waals surface area contributed by atoms with E-state index in [1.807, 2.05) is 12.1 Å². The average molecular weight is 373 g/mol. The molecule has 0 atom stereocenters. The van der Waals surface area contributed by atoms with Crippen LogP contribution in [-0.4, -0.2) is 24.2 Å². The van der Waals surface area contributed by atoms with Gasteiger partial charge in [-0.2, -0.15) is 0 Å². The Morgan fingerprint density at radius 3 is 2.65 bits per heavy atom. The van der Waals surface area contributed by atoms with E-state index in [2.05, 4.69) is 10.6 Å². The zero-order chi connectivity index (χ0) is 18.5. The number of nitrogens with one attached hydrogen (secondary N) is 2. The summed E-state index contributed by atoms with van der Waals surface area (Å²) in [5.74, 6) is -0.109. The standard InChI is InChI=1S/C19H17ClN2O4/c20-14-4-1-12(2-5-14)10-21-18(24)8-6-16(23)13-3-7-17-15(9-13)22-19(25)11-26-17/h1-5,7,9H,6,8,10-11H2,(H,21,24)(H,22,25). The van der Waals surface area contributed by atoms with Gasteiger partial charge in [0.25, 0.3) is 5.91 Å². The number of hydrogen-bond acceptors (Lipinski definition) is 4. The van der Waals surface area contributed by atoms with Crippen LogP contribution in [0.2, 0.25) is 5.02 Å². The quantitative estimate of drug-likeness (QED) is 0.763. The first kappa shape index (κ1) is 17.9. The number of carbonyl (C=O) groups excluding carboxylic acids is 3. The van der Waals surface area contributed by atoms with Crippen LogP contribution < -0.4 is 15.4 Å². The molecule has 1 aliphatic rings. The normalized spacial score (nSPS) is 12.6. The van der Waals surface area contributed by atoms with Crippen LogP contribution in [-0.2, 0) is 16.1 Å². The van der Waals surface area contributed by atoms with Gasteiger partial charge >= 0.3 is 0 Å². The maximum Gasteiger partial charge on any atom is 0.262 e. The average Bonchev–Trinajstić information content (AvgIpc) is 2.65. The van der Waals surface area contributed by atoms with Crippen molar-refractivity contribution in [1.82, 2.24) is 5.32 Å². The molecule has 26 heavy (non-hydrogen) atoms. The van der Waals surface area contributed by atoms with Crippen molar-refractivity contribution in [1.29, 1.82) is 0 Å². The van der Waals surface area contributed by atoms with Crippen LogP contribution in [0.25, 0.3) is 0 Å². The highest BCUT2D eigenvalue weighted by atomic mass is 35.5. The molecule has 0 bridgehead atoms. The van der Waals surface area contributed by atoms with E-state index in [0.717, 1.165) is 5.56 Å². The minimum absolute atomic E-state index is 0.0336. The highest BCUT2D eigenvalue weighted by molar-refractivity contribution is 6.30. The predicted molar refractivity (Wildman–Crippen MR) is 97.4 cm³/mol. The Morgan fingerprint density at radius 2 is 1.88 bits per heavy atom. The van der Waals surface area contributed by atoms with Crippen LogP contribution in [0.1, 0.15) is 28.8 Å². The summed E-state index contributed by atoms with van der Waals surface area (Å²) in [6, 6.07) is 12.0. The Bertz CT molecular complexity index is 849. The van der Waals surface area contributed by atoms with Crippen molar-refractivity contribution in [3.63, 3.8) is 0 Å². The van der Waals surface area contributed by atoms with Crippen LogP contribution in [0.15, 0.2) is 42.5 Å². The monoisotopic (exact) mass is 372 g/mol. The number of benzene rings is 2. The number of anilines is 1. The summed E-state index contributed by atoms with van der Waals surface area (Å²) in [6.07, 6.45) is 0.173. The number of amides is 2. The van der Waals surface area contributed by atoms with Gasteiger partial charge in [-0.1, -0.05) is 23.7 Å². The topological polar surface area (TPSA) is 84.5 Å². The lowest BCUT2D eigenvalue weighted by molar-refractivity contribution is -0.121. The van der Waals surface area contributed by atoms with Crippen molar-refractivity contribution in [3.8, 4) is 5.75 Å². The van der Waals surface area contributed by atoms with E-state index in [1.165, 1.54) is 0 Å². The maximum absolute atomic E-state index is 12.3. The smallest absolute Gasteiger partial charge is 0.262 e. The fraction of sp³-hybridized carbons (Fsp3) is 0.211. The molecule has 134 valence electrons. The number of fused-ring (bicyclic) bond motifs is 1. The second-order valence-corrected chi connectivity index (χ2v) is 6.31. The summed E-state index contributed by atoms with van der Waals surface area (Å²) in [7, 11) is 0.